The normalized spacial score (nSPS) is 22.2. The molecule has 0 amide bonds. The maximum absolute atomic E-state index is 5.55. The zero-order valence-electron chi connectivity index (χ0n) is 8.60. The van der Waals surface area contributed by atoms with Crippen LogP contribution < -0.4 is 0 Å². The molecular formula is C10H21NO. The Hall–Kier alpha value is -0.0800. The summed E-state index contributed by atoms with van der Waals surface area (Å²) in [5.74, 6) is 0. The molecule has 2 nitrogen and oxygen atoms in total. The summed E-state index contributed by atoms with van der Waals surface area (Å²) in [7, 11) is 1.85. The lowest BCUT2D eigenvalue weighted by molar-refractivity contribution is -0.128. The lowest BCUT2D eigenvalue weighted by atomic mass is 9.89. The molecule has 1 saturated heterocycles. The molecule has 0 radical (unpaired) electrons. The Kier molecular flexibility index (Phi) is 3.53. The van der Waals surface area contributed by atoms with Crippen molar-refractivity contribution in [1.82, 2.24) is 4.90 Å². The van der Waals surface area contributed by atoms with Gasteiger partial charge in [-0.05, 0) is 19.4 Å². The molecule has 12 heavy (non-hydrogen) atoms. The Balaban J connectivity index is 2.25. The van der Waals surface area contributed by atoms with E-state index in [2.05, 4.69) is 18.7 Å². The maximum Gasteiger partial charge on any atom is 0.0930 e. The molecule has 0 aromatic carbocycles. The molecule has 0 saturated carbocycles. The average molecular weight is 171 g/mol. The molecular weight excluding hydrogens is 150 g/mol. The van der Waals surface area contributed by atoms with Gasteiger partial charge in [-0.3, -0.25) is 4.90 Å². The Labute approximate surface area is 75.9 Å². The Morgan fingerprint density at radius 2 is 1.92 bits per heavy atom. The van der Waals surface area contributed by atoms with Crippen LogP contribution in [0.15, 0.2) is 0 Å². The molecule has 1 heterocycles. The van der Waals surface area contributed by atoms with Gasteiger partial charge in [-0.1, -0.05) is 20.3 Å². The van der Waals surface area contributed by atoms with E-state index in [1.165, 1.54) is 25.8 Å². The third-order valence-electron chi connectivity index (χ3n) is 2.70. The fourth-order valence-corrected chi connectivity index (χ4v) is 2.09. The van der Waals surface area contributed by atoms with Gasteiger partial charge in [0.05, 0.1) is 5.60 Å². The zero-order chi connectivity index (χ0) is 9.03. The topological polar surface area (TPSA) is 12.5 Å². The zero-order valence-corrected chi connectivity index (χ0v) is 8.60. The van der Waals surface area contributed by atoms with E-state index in [1.54, 1.807) is 0 Å². The smallest absolute Gasteiger partial charge is 0.0930 e. The second kappa shape index (κ2) is 4.24. The van der Waals surface area contributed by atoms with Gasteiger partial charge in [0.15, 0.2) is 0 Å². The van der Waals surface area contributed by atoms with Crippen LogP contribution in [0.4, 0.5) is 0 Å². The number of nitrogens with zero attached hydrogens (tertiary/aromatic N) is 1. The van der Waals surface area contributed by atoms with Crippen molar-refractivity contribution in [3.8, 4) is 0 Å². The van der Waals surface area contributed by atoms with E-state index in [0.29, 0.717) is 0 Å². The molecule has 0 atom stereocenters. The van der Waals surface area contributed by atoms with Crippen LogP contribution in [-0.4, -0.2) is 37.2 Å². The Morgan fingerprint density at radius 1 is 1.25 bits per heavy atom. The minimum Gasteiger partial charge on any atom is -0.376 e. The van der Waals surface area contributed by atoms with Crippen molar-refractivity contribution in [1.29, 1.82) is 0 Å². The lowest BCUT2D eigenvalue weighted by Crippen LogP contribution is -2.62. The SMILES string of the molecule is CCCN1CC(CCC)(OC)C1. The van der Waals surface area contributed by atoms with E-state index in [4.69, 9.17) is 4.74 Å². The van der Waals surface area contributed by atoms with Crippen LogP contribution in [0.5, 0.6) is 0 Å². The van der Waals surface area contributed by atoms with E-state index in [-0.39, 0.29) is 5.60 Å². The van der Waals surface area contributed by atoms with Crippen molar-refractivity contribution in [3.05, 3.63) is 0 Å². The standard InChI is InChI=1S/C10H21NO/c1-4-6-10(12-3)8-11(9-10)7-5-2/h4-9H2,1-3H3. The van der Waals surface area contributed by atoms with Crippen LogP contribution >= 0.6 is 0 Å². The summed E-state index contributed by atoms with van der Waals surface area (Å²) in [6, 6.07) is 0. The van der Waals surface area contributed by atoms with Crippen LogP contribution in [0.1, 0.15) is 33.1 Å². The first kappa shape index (κ1) is 10.0. The van der Waals surface area contributed by atoms with E-state index in [0.717, 1.165) is 13.1 Å². The molecule has 0 aromatic rings. The van der Waals surface area contributed by atoms with Crippen LogP contribution in [0, 0.1) is 0 Å². The number of likely N-dealkylation sites (tertiary alicyclic amines) is 1. The first-order valence-corrected chi connectivity index (χ1v) is 5.04. The largest absolute Gasteiger partial charge is 0.376 e. The summed E-state index contributed by atoms with van der Waals surface area (Å²) >= 11 is 0. The summed E-state index contributed by atoms with van der Waals surface area (Å²) < 4.78 is 5.55. The molecule has 0 N–H and O–H groups in total. The third kappa shape index (κ3) is 1.99. The van der Waals surface area contributed by atoms with Crippen molar-refractivity contribution in [2.75, 3.05) is 26.7 Å². The number of methoxy groups -OCH3 is 1. The highest BCUT2D eigenvalue weighted by molar-refractivity contribution is 4.96. The quantitative estimate of drug-likeness (QED) is 0.626. The van der Waals surface area contributed by atoms with Crippen LogP contribution in [0.2, 0.25) is 0 Å². The van der Waals surface area contributed by atoms with Gasteiger partial charge in [-0.15, -0.1) is 0 Å². The fourth-order valence-electron chi connectivity index (χ4n) is 2.09. The second-order valence-corrected chi connectivity index (χ2v) is 3.85. The van der Waals surface area contributed by atoms with Gasteiger partial charge >= 0.3 is 0 Å². The summed E-state index contributed by atoms with van der Waals surface area (Å²) in [5.41, 5.74) is 0.212. The molecule has 0 aromatic heterocycles. The molecule has 0 aliphatic carbocycles. The highest BCUT2D eigenvalue weighted by atomic mass is 16.5. The number of ether oxygens (including phenoxy) is 1. The highest BCUT2D eigenvalue weighted by Crippen LogP contribution is 2.29. The lowest BCUT2D eigenvalue weighted by Gasteiger charge is -2.49. The van der Waals surface area contributed by atoms with E-state index in [9.17, 15) is 0 Å². The Bertz CT molecular complexity index is 130. The minimum atomic E-state index is 0.212. The average Bonchev–Trinajstić information content (AvgIpc) is 2.01. The van der Waals surface area contributed by atoms with E-state index in [1.807, 2.05) is 7.11 Å². The Morgan fingerprint density at radius 3 is 2.33 bits per heavy atom. The molecule has 1 fully saturated rings. The third-order valence-corrected chi connectivity index (χ3v) is 2.70. The van der Waals surface area contributed by atoms with Crippen LogP contribution in [0.25, 0.3) is 0 Å². The predicted molar refractivity (Wildman–Crippen MR) is 51.4 cm³/mol. The van der Waals surface area contributed by atoms with Crippen molar-refractivity contribution in [2.45, 2.75) is 38.7 Å². The predicted octanol–water partition coefficient (Wildman–Crippen LogP) is 1.90. The summed E-state index contributed by atoms with van der Waals surface area (Å²) in [6.45, 7) is 7.97. The molecule has 0 bridgehead atoms. The molecule has 0 unspecified atom stereocenters. The van der Waals surface area contributed by atoms with Gasteiger partial charge in [-0.2, -0.15) is 0 Å². The van der Waals surface area contributed by atoms with Crippen LogP contribution in [-0.2, 0) is 4.74 Å². The first-order chi connectivity index (χ1) is 5.76. The van der Waals surface area contributed by atoms with Gasteiger partial charge < -0.3 is 4.74 Å². The van der Waals surface area contributed by atoms with Crippen molar-refractivity contribution < 1.29 is 4.74 Å². The highest BCUT2D eigenvalue weighted by Gasteiger charge is 2.41. The van der Waals surface area contributed by atoms with E-state index < -0.39 is 0 Å². The monoisotopic (exact) mass is 171 g/mol. The summed E-state index contributed by atoms with van der Waals surface area (Å²) in [4.78, 5) is 2.47. The molecule has 1 aliphatic heterocycles. The van der Waals surface area contributed by atoms with Gasteiger partial charge in [0.2, 0.25) is 0 Å². The van der Waals surface area contributed by atoms with Gasteiger partial charge in [0.25, 0.3) is 0 Å². The van der Waals surface area contributed by atoms with Gasteiger partial charge in [0.1, 0.15) is 0 Å². The molecule has 0 spiro atoms. The van der Waals surface area contributed by atoms with Crippen molar-refractivity contribution in [3.63, 3.8) is 0 Å². The van der Waals surface area contributed by atoms with Crippen molar-refractivity contribution >= 4 is 0 Å². The van der Waals surface area contributed by atoms with Crippen LogP contribution in [0.3, 0.4) is 0 Å². The number of hydrogen-bond donors (Lipinski definition) is 0. The molecule has 72 valence electrons. The number of rotatable bonds is 5. The molecule has 1 rings (SSSR count). The summed E-state index contributed by atoms with van der Waals surface area (Å²) in [6.07, 6.45) is 3.70. The first-order valence-electron chi connectivity index (χ1n) is 5.04. The van der Waals surface area contributed by atoms with Crippen molar-refractivity contribution in [2.24, 2.45) is 0 Å². The molecule has 2 heteroatoms. The maximum atomic E-state index is 5.55. The number of hydrogen-bond acceptors (Lipinski definition) is 2. The van der Waals surface area contributed by atoms with Gasteiger partial charge in [-0.25, -0.2) is 0 Å². The fraction of sp³-hybridized carbons (Fsp3) is 1.00. The van der Waals surface area contributed by atoms with Gasteiger partial charge in [0, 0.05) is 20.2 Å². The second-order valence-electron chi connectivity index (χ2n) is 3.85. The van der Waals surface area contributed by atoms with E-state index >= 15 is 0 Å². The molecule has 1 aliphatic rings. The summed E-state index contributed by atoms with van der Waals surface area (Å²) in [5, 5.41) is 0. The minimum absolute atomic E-state index is 0.212.